The lowest BCUT2D eigenvalue weighted by atomic mass is 9.94. The summed E-state index contributed by atoms with van der Waals surface area (Å²) in [6.07, 6.45) is -1.45. The Bertz CT molecular complexity index is 1450. The number of hydrogen-bond acceptors (Lipinski definition) is 12. The quantitative estimate of drug-likeness (QED) is 0.0832. The highest BCUT2D eigenvalue weighted by Crippen LogP contribution is 2.41. The van der Waals surface area contributed by atoms with Crippen LogP contribution in [0.3, 0.4) is 0 Å². The molecule has 21 heteroatoms. The van der Waals surface area contributed by atoms with Gasteiger partial charge in [-0.2, -0.15) is 22.0 Å². The molecule has 0 radical (unpaired) electrons. The maximum Gasteiger partial charge on any atom is 0.430 e. The summed E-state index contributed by atoms with van der Waals surface area (Å²) in [7, 11) is 1.88. The summed E-state index contributed by atoms with van der Waals surface area (Å²) in [5.74, 6) is -5.20. The van der Waals surface area contributed by atoms with Crippen LogP contribution in [0.15, 0.2) is 50.6 Å². The fourth-order valence-corrected chi connectivity index (χ4v) is 6.35. The molecule has 13 nitrogen and oxygen atoms in total. The Labute approximate surface area is 250 Å². The van der Waals surface area contributed by atoms with Crippen molar-refractivity contribution in [3.05, 3.63) is 46.2 Å². The highest BCUT2D eigenvalue weighted by Gasteiger charge is 2.54. The Kier molecular flexibility index (Phi) is 10.9. The van der Waals surface area contributed by atoms with Crippen molar-refractivity contribution in [2.24, 2.45) is 12.2 Å². The minimum atomic E-state index is -5.19. The number of nitrogens with two attached hydrogens (primary N) is 1. The standard InChI is InChI=1S/C20H18F2N6O5S3.C2HF3O2/c1-27-4-2-9(3-5-27)34-8-12-15(18(31)32)28-11(7-35-12)14(17(28)30)25-16(29)13(26-33-19(21)22)10-6-36-20(23)24-10;3-2(4,5)1(6)7/h2-6,11,14,19H,7-8H2,1H3,(H3-,23,24,25,29,31,32);(H,6,7). The molecule has 0 aliphatic carbocycles. The predicted molar refractivity (Wildman–Crippen MR) is 139 cm³/mol. The average Bonchev–Trinajstić information content (AvgIpc) is 3.36. The van der Waals surface area contributed by atoms with E-state index >= 15 is 0 Å². The topological polar surface area (TPSA) is 191 Å². The molecule has 2 unspecified atom stereocenters. The zero-order chi connectivity index (χ0) is 32.1. The predicted octanol–water partition coefficient (Wildman–Crippen LogP) is 0.323. The number of aryl methyl sites for hydroxylation is 1. The number of amides is 2. The largest absolute Gasteiger partial charge is 0.542 e. The number of fused-ring (bicyclic) bond motifs is 1. The molecule has 2 amide bonds. The number of nitrogen functional groups attached to an aromatic ring is 1. The number of nitrogens with zero attached hydrogens (tertiary/aromatic N) is 4. The van der Waals surface area contributed by atoms with Crippen LogP contribution in [0, 0.1) is 0 Å². The second kappa shape index (κ2) is 14.0. The first kappa shape index (κ1) is 33.5. The van der Waals surface area contributed by atoms with E-state index in [1.165, 1.54) is 28.9 Å². The molecule has 2 aromatic rings. The summed E-state index contributed by atoms with van der Waals surface area (Å²) < 4.78 is 58.5. The number of thioether (sulfide) groups is 2. The van der Waals surface area contributed by atoms with E-state index in [4.69, 9.17) is 15.6 Å². The third kappa shape index (κ3) is 8.54. The van der Waals surface area contributed by atoms with Crippen LogP contribution in [-0.4, -0.2) is 80.8 Å². The summed E-state index contributed by atoms with van der Waals surface area (Å²) in [6.45, 7) is -3.28. The number of β-lactam (4-membered cyclic amide) rings is 1. The number of thiazole rings is 1. The third-order valence-electron chi connectivity index (χ3n) is 5.40. The highest BCUT2D eigenvalue weighted by atomic mass is 32.2. The van der Waals surface area contributed by atoms with Crippen LogP contribution >= 0.6 is 34.9 Å². The number of anilines is 1. The van der Waals surface area contributed by atoms with Gasteiger partial charge in [0.15, 0.2) is 23.2 Å². The van der Waals surface area contributed by atoms with Crippen LogP contribution < -0.4 is 20.7 Å². The number of halogens is 5. The Morgan fingerprint density at radius 1 is 1.35 bits per heavy atom. The molecule has 2 atom stereocenters. The van der Waals surface area contributed by atoms with Gasteiger partial charge in [-0.3, -0.25) is 14.5 Å². The van der Waals surface area contributed by atoms with E-state index in [1.807, 2.05) is 36.1 Å². The van der Waals surface area contributed by atoms with Gasteiger partial charge < -0.3 is 30.9 Å². The molecule has 2 aliphatic rings. The molecule has 0 aromatic carbocycles. The monoisotopic (exact) mass is 670 g/mol. The number of oxime groups is 1. The van der Waals surface area contributed by atoms with Crippen LogP contribution in [0.25, 0.3) is 0 Å². The number of aliphatic carboxylic acids is 2. The number of hydrogen-bond donors (Lipinski definition) is 3. The molecule has 0 bridgehead atoms. The van der Waals surface area contributed by atoms with E-state index in [-0.39, 0.29) is 16.5 Å². The molecule has 0 saturated carbocycles. The summed E-state index contributed by atoms with van der Waals surface area (Å²) in [6, 6.07) is 2.08. The second-order valence-electron chi connectivity index (χ2n) is 8.26. The molecule has 2 aromatic heterocycles. The number of carboxylic acid groups (broad SMARTS) is 2. The number of rotatable bonds is 9. The fraction of sp³-hybridized carbons (Fsp3) is 0.318. The van der Waals surface area contributed by atoms with Crippen molar-refractivity contribution in [1.29, 1.82) is 0 Å². The summed E-state index contributed by atoms with van der Waals surface area (Å²) in [5.41, 5.74) is 4.73. The molecule has 4 N–H and O–H groups in total. The average molecular weight is 671 g/mol. The van der Waals surface area contributed by atoms with Crippen molar-refractivity contribution in [3.8, 4) is 0 Å². The van der Waals surface area contributed by atoms with Gasteiger partial charge in [-0.15, -0.1) is 34.9 Å². The van der Waals surface area contributed by atoms with Gasteiger partial charge in [0.25, 0.3) is 11.8 Å². The van der Waals surface area contributed by atoms with Gasteiger partial charge >= 0.3 is 18.8 Å². The van der Waals surface area contributed by atoms with E-state index in [1.54, 1.807) is 0 Å². The number of carbonyl (C=O) groups is 4. The molecule has 4 heterocycles. The van der Waals surface area contributed by atoms with Gasteiger partial charge in [0.2, 0.25) is 0 Å². The molecular weight excluding hydrogens is 651 g/mol. The van der Waals surface area contributed by atoms with E-state index in [2.05, 4.69) is 20.3 Å². The van der Waals surface area contributed by atoms with Crippen LogP contribution in [0.2, 0.25) is 0 Å². The third-order valence-corrected chi connectivity index (χ3v) is 8.48. The lowest BCUT2D eigenvalue weighted by Gasteiger charge is -2.49. The molecule has 1 saturated heterocycles. The van der Waals surface area contributed by atoms with E-state index in [0.717, 1.165) is 21.1 Å². The smallest absolute Gasteiger partial charge is 0.430 e. The van der Waals surface area contributed by atoms with Gasteiger partial charge in [0.1, 0.15) is 30.4 Å². The van der Waals surface area contributed by atoms with Crippen molar-refractivity contribution in [2.75, 3.05) is 17.2 Å². The Morgan fingerprint density at radius 3 is 2.49 bits per heavy atom. The van der Waals surface area contributed by atoms with Gasteiger partial charge in [-0.25, -0.2) is 14.3 Å². The lowest BCUT2D eigenvalue weighted by Crippen LogP contribution is -2.73. The summed E-state index contributed by atoms with van der Waals surface area (Å²) >= 11 is 3.68. The van der Waals surface area contributed by atoms with Gasteiger partial charge in [-0.1, -0.05) is 5.16 Å². The summed E-state index contributed by atoms with van der Waals surface area (Å²) in [4.78, 5) is 56.9. The van der Waals surface area contributed by atoms with Crippen molar-refractivity contribution in [3.63, 3.8) is 0 Å². The van der Waals surface area contributed by atoms with Crippen molar-refractivity contribution >= 4 is 69.5 Å². The first-order valence-electron chi connectivity index (χ1n) is 11.4. The van der Waals surface area contributed by atoms with Gasteiger partial charge in [0, 0.05) is 38.8 Å². The van der Waals surface area contributed by atoms with Crippen LogP contribution in [0.4, 0.5) is 27.1 Å². The maximum atomic E-state index is 12.9. The minimum absolute atomic E-state index is 0.0724. The molecule has 0 spiro atoms. The normalized spacial score (nSPS) is 18.3. The molecule has 1 fully saturated rings. The molecule has 232 valence electrons. The van der Waals surface area contributed by atoms with Gasteiger partial charge in [0.05, 0.1) is 6.04 Å². The van der Waals surface area contributed by atoms with E-state index < -0.39 is 54.3 Å². The molecule has 43 heavy (non-hydrogen) atoms. The van der Waals surface area contributed by atoms with Crippen molar-refractivity contribution in [2.45, 2.75) is 29.8 Å². The Morgan fingerprint density at radius 2 is 1.98 bits per heavy atom. The van der Waals surface area contributed by atoms with E-state index in [0.29, 0.717) is 16.4 Å². The zero-order valence-electron chi connectivity index (χ0n) is 21.4. The Balaban J connectivity index is 0.000000646. The number of carboxylic acids is 2. The second-order valence-corrected chi connectivity index (χ2v) is 11.3. The molecule has 2 aliphatic heterocycles. The number of pyridine rings is 1. The zero-order valence-corrected chi connectivity index (χ0v) is 23.9. The number of alkyl halides is 5. The maximum absolute atomic E-state index is 12.9. The van der Waals surface area contributed by atoms with Crippen LogP contribution in [-0.2, 0) is 31.1 Å². The van der Waals surface area contributed by atoms with Crippen molar-refractivity contribution in [1.82, 2.24) is 15.2 Å². The minimum Gasteiger partial charge on any atom is -0.542 e. The molecular formula is C22H19F5N6O7S3. The van der Waals surface area contributed by atoms with Crippen LogP contribution in [0.5, 0.6) is 0 Å². The summed E-state index contributed by atoms with van der Waals surface area (Å²) in [5, 5.41) is 25.6. The SMILES string of the molecule is C[n+]1ccc(SCC2=C(C(=O)O)N3C(=O)C(NC(=O)C(=NOC(F)F)c4csc(N)n4)C3CS2)cc1.O=C([O-])C(F)(F)F. The fourth-order valence-electron chi connectivity index (χ4n) is 3.51. The van der Waals surface area contributed by atoms with E-state index in [9.17, 15) is 41.4 Å². The Hall–Kier alpha value is -3.98. The first-order valence-corrected chi connectivity index (χ1v) is 14.3. The number of aromatic nitrogens is 2. The lowest BCUT2D eigenvalue weighted by molar-refractivity contribution is -0.671. The number of carbonyl (C=O) groups excluding carboxylic acids is 3. The van der Waals surface area contributed by atoms with Crippen molar-refractivity contribution < 1.29 is 60.7 Å². The first-order chi connectivity index (χ1) is 20.1. The van der Waals surface area contributed by atoms with Crippen LogP contribution in [0.1, 0.15) is 5.69 Å². The highest BCUT2D eigenvalue weighted by molar-refractivity contribution is 8.06. The van der Waals surface area contributed by atoms with Gasteiger partial charge in [-0.05, 0) is 0 Å². The molecule has 4 rings (SSSR count). The number of nitrogens with one attached hydrogen (secondary N) is 1.